The van der Waals surface area contributed by atoms with Crippen molar-refractivity contribution in [3.8, 4) is 0 Å². The molecule has 2 amide bonds. The Bertz CT molecular complexity index is 504. The first-order valence-electron chi connectivity index (χ1n) is 5.28. The lowest BCUT2D eigenvalue weighted by atomic mass is 10.1. The van der Waals surface area contributed by atoms with Gasteiger partial charge in [-0.15, -0.1) is 0 Å². The van der Waals surface area contributed by atoms with Crippen LogP contribution in [0.2, 0.25) is 0 Å². The number of rotatable bonds is 3. The van der Waals surface area contributed by atoms with Crippen molar-refractivity contribution in [1.29, 1.82) is 0 Å². The van der Waals surface area contributed by atoms with Crippen LogP contribution in [0.15, 0.2) is 36.4 Å². The quantitative estimate of drug-likeness (QED) is 0.385. The number of carbonyl (C=O) groups is 3. The molecule has 1 aliphatic heterocycles. The Morgan fingerprint density at radius 3 is 1.95 bits per heavy atom. The minimum Gasteiger partial charge on any atom is -0.481 e. The minimum absolute atomic E-state index is 0.0829. The van der Waals surface area contributed by atoms with E-state index in [4.69, 9.17) is 5.11 Å². The number of hydrogen-bond acceptors (Lipinski definition) is 5. The van der Waals surface area contributed by atoms with Crippen LogP contribution in [-0.2, 0) is 20.8 Å². The molecule has 1 aromatic rings. The summed E-state index contributed by atoms with van der Waals surface area (Å²) >= 11 is 0. The zero-order valence-electron chi connectivity index (χ0n) is 9.95. The van der Waals surface area contributed by atoms with Gasteiger partial charge in [-0.1, -0.05) is 12.1 Å². The monoisotopic (exact) mass is 263 g/mol. The predicted octanol–water partition coefficient (Wildman–Crippen LogP) is -0.438. The molecule has 7 nitrogen and oxygen atoms in total. The highest BCUT2D eigenvalue weighted by molar-refractivity contribution is 6.28. The van der Waals surface area contributed by atoms with Crippen molar-refractivity contribution in [3.05, 3.63) is 42.0 Å². The lowest BCUT2D eigenvalue weighted by molar-refractivity contribution is -0.136. The number of carboxylic acid groups (broad SMARTS) is 1. The number of imide groups is 1. The number of amides is 2. The van der Waals surface area contributed by atoms with Crippen LogP contribution in [0.3, 0.4) is 0 Å². The van der Waals surface area contributed by atoms with Gasteiger partial charge in [-0.25, -0.2) is 4.90 Å². The second-order valence-corrected chi connectivity index (χ2v) is 3.58. The first kappa shape index (κ1) is 14.6. The zero-order valence-corrected chi connectivity index (χ0v) is 9.95. The van der Waals surface area contributed by atoms with Crippen molar-refractivity contribution >= 4 is 23.5 Å². The van der Waals surface area contributed by atoms with E-state index >= 15 is 0 Å². The third kappa shape index (κ3) is 3.47. The average Bonchev–Trinajstić information content (AvgIpc) is 2.72. The molecule has 5 N–H and O–H groups in total. The molecule has 0 saturated carbocycles. The van der Waals surface area contributed by atoms with Crippen LogP contribution < -0.4 is 16.6 Å². The summed E-state index contributed by atoms with van der Waals surface area (Å²) in [5.74, 6) is 6.30. The van der Waals surface area contributed by atoms with Gasteiger partial charge in [0.05, 0.1) is 12.1 Å². The maximum atomic E-state index is 11.4. The van der Waals surface area contributed by atoms with E-state index in [0.29, 0.717) is 11.3 Å². The van der Waals surface area contributed by atoms with E-state index in [1.165, 1.54) is 12.2 Å². The molecule has 19 heavy (non-hydrogen) atoms. The third-order valence-corrected chi connectivity index (χ3v) is 2.36. The SMILES string of the molecule is NN.O=C(O)Cc1ccc(N2C(=O)C=CC2=O)cc1. The largest absolute Gasteiger partial charge is 0.481 e. The van der Waals surface area contributed by atoms with Crippen molar-refractivity contribution in [2.45, 2.75) is 6.42 Å². The van der Waals surface area contributed by atoms with Crippen LogP contribution in [-0.4, -0.2) is 22.9 Å². The van der Waals surface area contributed by atoms with Gasteiger partial charge in [0.15, 0.2) is 0 Å². The summed E-state index contributed by atoms with van der Waals surface area (Å²) in [6.45, 7) is 0. The van der Waals surface area contributed by atoms with Crippen LogP contribution in [0.4, 0.5) is 5.69 Å². The van der Waals surface area contributed by atoms with E-state index in [9.17, 15) is 14.4 Å². The van der Waals surface area contributed by atoms with E-state index < -0.39 is 5.97 Å². The second-order valence-electron chi connectivity index (χ2n) is 3.58. The summed E-state index contributed by atoms with van der Waals surface area (Å²) < 4.78 is 0. The molecular weight excluding hydrogens is 250 g/mol. The highest BCUT2D eigenvalue weighted by Gasteiger charge is 2.24. The zero-order chi connectivity index (χ0) is 14.4. The number of nitrogens with zero attached hydrogens (tertiary/aromatic N) is 1. The molecule has 100 valence electrons. The van der Waals surface area contributed by atoms with E-state index in [1.54, 1.807) is 24.3 Å². The molecule has 2 rings (SSSR count). The fraction of sp³-hybridized carbons (Fsp3) is 0.0833. The molecule has 0 saturated heterocycles. The predicted molar refractivity (Wildman–Crippen MR) is 67.8 cm³/mol. The second kappa shape index (κ2) is 6.43. The highest BCUT2D eigenvalue weighted by Crippen LogP contribution is 2.19. The molecule has 1 aliphatic rings. The number of hydrogen-bond donors (Lipinski definition) is 3. The highest BCUT2D eigenvalue weighted by atomic mass is 16.4. The van der Waals surface area contributed by atoms with Crippen molar-refractivity contribution in [1.82, 2.24) is 0 Å². The third-order valence-electron chi connectivity index (χ3n) is 2.36. The lowest BCUT2D eigenvalue weighted by Crippen LogP contribution is -2.29. The van der Waals surface area contributed by atoms with Crippen LogP contribution >= 0.6 is 0 Å². The summed E-state index contributed by atoms with van der Waals surface area (Å²) in [7, 11) is 0. The van der Waals surface area contributed by atoms with Gasteiger partial charge in [-0.2, -0.15) is 0 Å². The fourth-order valence-corrected chi connectivity index (χ4v) is 1.59. The van der Waals surface area contributed by atoms with E-state index in [0.717, 1.165) is 4.90 Å². The molecule has 1 heterocycles. The smallest absolute Gasteiger partial charge is 0.307 e. The van der Waals surface area contributed by atoms with Crippen molar-refractivity contribution < 1.29 is 19.5 Å². The minimum atomic E-state index is -0.923. The molecule has 0 aromatic heterocycles. The molecule has 0 bridgehead atoms. The summed E-state index contributed by atoms with van der Waals surface area (Å²) in [6, 6.07) is 6.28. The number of carbonyl (C=O) groups excluding carboxylic acids is 2. The van der Waals surface area contributed by atoms with E-state index in [-0.39, 0.29) is 18.2 Å². The molecule has 0 radical (unpaired) electrons. The average molecular weight is 263 g/mol. The summed E-state index contributed by atoms with van der Waals surface area (Å²) in [5.41, 5.74) is 1.06. The Hall–Kier alpha value is -2.51. The van der Waals surface area contributed by atoms with Crippen LogP contribution in [0.5, 0.6) is 0 Å². The standard InChI is InChI=1S/C12H9NO4.H4N2/c14-10-5-6-11(15)13(10)9-3-1-8(2-4-9)7-12(16)17;1-2/h1-6H,7H2,(H,16,17);1-2H2. The molecule has 0 aliphatic carbocycles. The number of benzene rings is 1. The number of anilines is 1. The van der Waals surface area contributed by atoms with Gasteiger partial charge in [-0.3, -0.25) is 26.1 Å². The molecular formula is C12H13N3O4. The van der Waals surface area contributed by atoms with Gasteiger partial charge in [-0.05, 0) is 17.7 Å². The van der Waals surface area contributed by atoms with Crippen LogP contribution in [0.1, 0.15) is 5.56 Å². The topological polar surface area (TPSA) is 127 Å². The van der Waals surface area contributed by atoms with E-state index in [2.05, 4.69) is 11.7 Å². The van der Waals surface area contributed by atoms with Crippen molar-refractivity contribution in [2.24, 2.45) is 11.7 Å². The van der Waals surface area contributed by atoms with Gasteiger partial charge in [0.2, 0.25) is 0 Å². The van der Waals surface area contributed by atoms with Gasteiger partial charge in [0, 0.05) is 12.2 Å². The molecule has 0 unspecified atom stereocenters. The first-order valence-corrected chi connectivity index (χ1v) is 5.28. The molecule has 0 fully saturated rings. The van der Waals surface area contributed by atoms with Gasteiger partial charge in [0.1, 0.15) is 0 Å². The molecule has 1 aromatic carbocycles. The van der Waals surface area contributed by atoms with Gasteiger partial charge < -0.3 is 5.11 Å². The Morgan fingerprint density at radius 2 is 1.53 bits per heavy atom. The number of hydrazine groups is 1. The Labute approximate surface area is 109 Å². The summed E-state index contributed by atoms with van der Waals surface area (Å²) in [5, 5.41) is 8.60. The Balaban J connectivity index is 0.000000861. The first-order chi connectivity index (χ1) is 9.08. The Kier molecular flexibility index (Phi) is 4.92. The molecule has 7 heteroatoms. The maximum Gasteiger partial charge on any atom is 0.307 e. The summed E-state index contributed by atoms with van der Waals surface area (Å²) in [4.78, 5) is 34.3. The van der Waals surface area contributed by atoms with Crippen LogP contribution in [0, 0.1) is 0 Å². The van der Waals surface area contributed by atoms with Crippen molar-refractivity contribution in [3.63, 3.8) is 0 Å². The van der Waals surface area contributed by atoms with Crippen LogP contribution in [0.25, 0.3) is 0 Å². The maximum absolute atomic E-state index is 11.4. The van der Waals surface area contributed by atoms with Crippen molar-refractivity contribution in [2.75, 3.05) is 4.90 Å². The van der Waals surface area contributed by atoms with Gasteiger partial charge >= 0.3 is 5.97 Å². The van der Waals surface area contributed by atoms with E-state index in [1.807, 2.05) is 0 Å². The lowest BCUT2D eigenvalue weighted by Gasteiger charge is -2.13. The van der Waals surface area contributed by atoms with Gasteiger partial charge in [0.25, 0.3) is 11.8 Å². The number of aliphatic carboxylic acids is 1. The normalized spacial score (nSPS) is 13.3. The molecule has 0 atom stereocenters. The number of nitrogens with two attached hydrogens (primary N) is 2. The Morgan fingerprint density at radius 1 is 1.05 bits per heavy atom. The number of carboxylic acids is 1. The molecule has 0 spiro atoms. The fourth-order valence-electron chi connectivity index (χ4n) is 1.59. The summed E-state index contributed by atoms with van der Waals surface area (Å²) in [6.07, 6.45) is 2.32.